The Balaban J connectivity index is 2.17. The van der Waals surface area contributed by atoms with Gasteiger partial charge in [0.1, 0.15) is 6.61 Å². The maximum absolute atomic E-state index is 9.38. The zero-order chi connectivity index (χ0) is 20.0. The smallest absolute Gasteiger partial charge is 0.163 e. The Morgan fingerprint density at radius 2 is 1.67 bits per heavy atom. The van der Waals surface area contributed by atoms with E-state index >= 15 is 0 Å². The third kappa shape index (κ3) is 6.44. The van der Waals surface area contributed by atoms with Crippen molar-refractivity contribution in [3.63, 3.8) is 0 Å². The number of aliphatic hydroxyl groups excluding tert-OH is 1. The van der Waals surface area contributed by atoms with Crippen molar-refractivity contribution in [2.45, 2.75) is 39.5 Å². The summed E-state index contributed by atoms with van der Waals surface area (Å²) in [6.07, 6.45) is 0. The van der Waals surface area contributed by atoms with E-state index in [4.69, 9.17) is 44.3 Å². The third-order valence-corrected chi connectivity index (χ3v) is 5.03. The Morgan fingerprint density at radius 1 is 0.963 bits per heavy atom. The summed E-state index contributed by atoms with van der Waals surface area (Å²) in [7, 11) is 0. The number of hydrogen-bond donors (Lipinski definition) is 2. The lowest BCUT2D eigenvalue weighted by atomic mass is 10.1. The van der Waals surface area contributed by atoms with Crippen molar-refractivity contribution in [1.29, 1.82) is 0 Å². The fourth-order valence-electron chi connectivity index (χ4n) is 2.27. The molecule has 0 amide bonds. The molecule has 0 aliphatic heterocycles. The lowest BCUT2D eigenvalue weighted by Gasteiger charge is -2.24. The van der Waals surface area contributed by atoms with Crippen molar-refractivity contribution in [1.82, 2.24) is 5.32 Å². The van der Waals surface area contributed by atoms with Gasteiger partial charge in [0.05, 0.1) is 23.3 Å². The molecule has 2 N–H and O–H groups in total. The topological polar surface area (TPSA) is 50.7 Å². The highest BCUT2D eigenvalue weighted by Gasteiger charge is 2.17. The number of rotatable bonds is 9. The zero-order valence-corrected chi connectivity index (χ0v) is 17.9. The van der Waals surface area contributed by atoms with Crippen LogP contribution >= 0.6 is 34.8 Å². The molecule has 0 heterocycles. The Hall–Kier alpha value is -1.17. The molecule has 2 rings (SSSR count). The fourth-order valence-corrected chi connectivity index (χ4v) is 2.82. The molecule has 2 aromatic rings. The summed E-state index contributed by atoms with van der Waals surface area (Å²) in [5.74, 6) is 1.17. The van der Waals surface area contributed by atoms with Gasteiger partial charge in [-0.2, -0.15) is 0 Å². The molecular formula is C20H24Cl3NO3. The van der Waals surface area contributed by atoms with Gasteiger partial charge in [0.15, 0.2) is 11.5 Å². The van der Waals surface area contributed by atoms with Gasteiger partial charge >= 0.3 is 0 Å². The van der Waals surface area contributed by atoms with Crippen molar-refractivity contribution >= 4 is 34.8 Å². The summed E-state index contributed by atoms with van der Waals surface area (Å²) in [6, 6.07) is 8.95. The van der Waals surface area contributed by atoms with Gasteiger partial charge in [-0.15, -0.1) is 0 Å². The van der Waals surface area contributed by atoms with Crippen LogP contribution in [0.5, 0.6) is 11.5 Å². The third-order valence-electron chi connectivity index (χ3n) is 3.94. The molecule has 0 aromatic heterocycles. The first-order valence-electron chi connectivity index (χ1n) is 8.63. The molecule has 0 bridgehead atoms. The van der Waals surface area contributed by atoms with Gasteiger partial charge in [0, 0.05) is 23.2 Å². The van der Waals surface area contributed by atoms with E-state index in [9.17, 15) is 5.11 Å². The van der Waals surface area contributed by atoms with Crippen molar-refractivity contribution in [2.75, 3.05) is 13.2 Å². The predicted octanol–water partition coefficient (Wildman–Crippen LogP) is 5.49. The van der Waals surface area contributed by atoms with Crippen molar-refractivity contribution in [2.24, 2.45) is 0 Å². The summed E-state index contributed by atoms with van der Waals surface area (Å²) >= 11 is 18.4. The van der Waals surface area contributed by atoms with Gasteiger partial charge in [0.25, 0.3) is 0 Å². The monoisotopic (exact) mass is 431 g/mol. The Bertz CT molecular complexity index is 781. The fraction of sp³-hybridized carbons (Fsp3) is 0.400. The predicted molar refractivity (Wildman–Crippen MR) is 111 cm³/mol. The van der Waals surface area contributed by atoms with E-state index in [0.29, 0.717) is 46.3 Å². The lowest BCUT2D eigenvalue weighted by Crippen LogP contribution is -2.42. The van der Waals surface area contributed by atoms with Crippen LogP contribution in [-0.2, 0) is 13.2 Å². The van der Waals surface area contributed by atoms with E-state index < -0.39 is 5.54 Å². The summed E-state index contributed by atoms with van der Waals surface area (Å²) in [4.78, 5) is 0. The number of ether oxygens (including phenoxy) is 2. The number of benzene rings is 2. The molecule has 4 nitrogen and oxygen atoms in total. The highest BCUT2D eigenvalue weighted by Crippen LogP contribution is 2.35. The minimum Gasteiger partial charge on any atom is -0.490 e. The highest BCUT2D eigenvalue weighted by atomic mass is 35.5. The van der Waals surface area contributed by atoms with Crippen LogP contribution in [0.25, 0.3) is 0 Å². The molecule has 7 heteroatoms. The normalized spacial score (nSPS) is 11.5. The van der Waals surface area contributed by atoms with Crippen molar-refractivity contribution < 1.29 is 14.6 Å². The van der Waals surface area contributed by atoms with Gasteiger partial charge < -0.3 is 19.9 Å². The first-order valence-corrected chi connectivity index (χ1v) is 9.77. The minimum absolute atomic E-state index is 0.0216. The minimum atomic E-state index is -0.405. The van der Waals surface area contributed by atoms with Crippen LogP contribution in [0.3, 0.4) is 0 Å². The average molecular weight is 433 g/mol. The zero-order valence-electron chi connectivity index (χ0n) is 15.6. The first-order chi connectivity index (χ1) is 12.8. The quantitative estimate of drug-likeness (QED) is 0.550. The molecule has 27 heavy (non-hydrogen) atoms. The van der Waals surface area contributed by atoms with E-state index in [-0.39, 0.29) is 6.61 Å². The van der Waals surface area contributed by atoms with E-state index in [1.54, 1.807) is 18.2 Å². The maximum atomic E-state index is 9.38. The molecular weight excluding hydrogens is 409 g/mol. The molecule has 0 atom stereocenters. The van der Waals surface area contributed by atoms with Gasteiger partial charge in [-0.25, -0.2) is 0 Å². The van der Waals surface area contributed by atoms with E-state index in [1.807, 2.05) is 32.9 Å². The number of aliphatic hydroxyl groups is 1. The first kappa shape index (κ1) is 22.1. The van der Waals surface area contributed by atoms with Crippen molar-refractivity contribution in [3.8, 4) is 11.5 Å². The second kappa shape index (κ2) is 9.85. The van der Waals surface area contributed by atoms with Crippen LogP contribution in [0.15, 0.2) is 30.3 Å². The summed E-state index contributed by atoms with van der Waals surface area (Å²) < 4.78 is 11.6. The average Bonchev–Trinajstić information content (AvgIpc) is 2.63. The lowest BCUT2D eigenvalue weighted by molar-refractivity contribution is 0.187. The van der Waals surface area contributed by atoms with Crippen LogP contribution in [-0.4, -0.2) is 23.9 Å². The molecule has 0 radical (unpaired) electrons. The summed E-state index contributed by atoms with van der Waals surface area (Å²) in [6.45, 7) is 7.07. The van der Waals surface area contributed by atoms with Gasteiger partial charge in [0.2, 0.25) is 0 Å². The Morgan fingerprint density at radius 3 is 2.30 bits per heavy atom. The van der Waals surface area contributed by atoms with Crippen LogP contribution in [0.4, 0.5) is 0 Å². The van der Waals surface area contributed by atoms with E-state index in [2.05, 4.69) is 5.32 Å². The Labute approximate surface area is 175 Å². The molecule has 0 aliphatic rings. The SMILES string of the molecule is CCOc1cc(CNC(C)(C)CO)c(Cl)cc1OCc1ccc(Cl)c(Cl)c1. The standard InChI is InChI=1S/C20H24Cl3NO3/c1-4-26-18-8-14(10-24-20(2,3)12-25)16(22)9-19(18)27-11-13-5-6-15(21)17(23)7-13/h5-9,24-25H,4,10-12H2,1-3H3. The number of halogens is 3. The van der Waals surface area contributed by atoms with E-state index in [1.165, 1.54) is 0 Å². The molecule has 0 saturated heterocycles. The van der Waals surface area contributed by atoms with Gasteiger partial charge in [-0.05, 0) is 50.1 Å². The second-order valence-electron chi connectivity index (χ2n) is 6.76. The molecule has 0 aliphatic carbocycles. The van der Waals surface area contributed by atoms with Crippen molar-refractivity contribution in [3.05, 3.63) is 56.5 Å². The number of nitrogens with one attached hydrogen (secondary N) is 1. The maximum Gasteiger partial charge on any atom is 0.163 e. The largest absolute Gasteiger partial charge is 0.490 e. The van der Waals surface area contributed by atoms with Crippen LogP contribution < -0.4 is 14.8 Å². The summed E-state index contributed by atoms with van der Waals surface area (Å²) in [5, 5.41) is 14.2. The van der Waals surface area contributed by atoms with Crippen LogP contribution in [0.1, 0.15) is 31.9 Å². The second-order valence-corrected chi connectivity index (χ2v) is 7.98. The summed E-state index contributed by atoms with van der Waals surface area (Å²) in [5.41, 5.74) is 1.35. The molecule has 0 saturated carbocycles. The van der Waals surface area contributed by atoms with Crippen LogP contribution in [0, 0.1) is 0 Å². The van der Waals surface area contributed by atoms with E-state index in [0.717, 1.165) is 11.1 Å². The molecule has 0 fully saturated rings. The Kier molecular flexibility index (Phi) is 8.07. The highest BCUT2D eigenvalue weighted by molar-refractivity contribution is 6.42. The molecule has 0 spiro atoms. The molecule has 148 valence electrons. The number of hydrogen-bond acceptors (Lipinski definition) is 4. The van der Waals surface area contributed by atoms with Crippen LogP contribution in [0.2, 0.25) is 15.1 Å². The van der Waals surface area contributed by atoms with Gasteiger partial charge in [-0.3, -0.25) is 0 Å². The molecule has 2 aromatic carbocycles. The molecule has 0 unspecified atom stereocenters. The van der Waals surface area contributed by atoms with Gasteiger partial charge in [-0.1, -0.05) is 40.9 Å².